The Kier molecular flexibility index (Phi) is 4.97. The molecule has 0 saturated heterocycles. The van der Waals surface area contributed by atoms with Crippen molar-refractivity contribution in [2.45, 2.75) is 31.5 Å². The number of rotatable bonds is 5. The molecule has 0 amide bonds. The maximum atomic E-state index is 13.9. The first kappa shape index (κ1) is 19.0. The SMILES string of the molecule is COc1ccc(N/C(=C\C2=NC(C)(C)CO2)C(F)(F)C(F)(F)F)cc1. The normalized spacial score (nSPS) is 17.8. The van der Waals surface area contributed by atoms with E-state index in [0.29, 0.717) is 11.8 Å². The fourth-order valence-electron chi connectivity index (χ4n) is 2.00. The van der Waals surface area contributed by atoms with Crippen molar-refractivity contribution in [3.8, 4) is 5.75 Å². The van der Waals surface area contributed by atoms with Gasteiger partial charge in [0.05, 0.1) is 12.6 Å². The van der Waals surface area contributed by atoms with Gasteiger partial charge in [-0.3, -0.25) is 0 Å². The van der Waals surface area contributed by atoms with Crippen LogP contribution in [0.2, 0.25) is 0 Å². The van der Waals surface area contributed by atoms with Gasteiger partial charge < -0.3 is 14.8 Å². The lowest BCUT2D eigenvalue weighted by molar-refractivity contribution is -0.263. The van der Waals surface area contributed by atoms with Crippen LogP contribution in [0.5, 0.6) is 5.75 Å². The summed E-state index contributed by atoms with van der Waals surface area (Å²) in [5, 5.41) is 2.11. The number of ether oxygens (including phenoxy) is 2. The zero-order chi connectivity index (χ0) is 18.9. The Balaban J connectivity index is 2.38. The van der Waals surface area contributed by atoms with Crippen LogP contribution in [0.25, 0.3) is 0 Å². The number of hydrogen-bond donors (Lipinski definition) is 1. The molecule has 1 aliphatic heterocycles. The molecule has 0 unspecified atom stereocenters. The third-order valence-corrected chi connectivity index (χ3v) is 3.32. The predicted octanol–water partition coefficient (Wildman–Crippen LogP) is 4.40. The topological polar surface area (TPSA) is 42.8 Å². The number of nitrogens with one attached hydrogen (secondary N) is 1. The van der Waals surface area contributed by atoms with E-state index in [4.69, 9.17) is 9.47 Å². The van der Waals surface area contributed by atoms with Crippen LogP contribution in [0.4, 0.5) is 27.6 Å². The van der Waals surface area contributed by atoms with Crippen LogP contribution >= 0.6 is 0 Å². The third kappa shape index (κ3) is 4.40. The Morgan fingerprint density at radius 2 is 1.80 bits per heavy atom. The van der Waals surface area contributed by atoms with Gasteiger partial charge in [0.15, 0.2) is 0 Å². The van der Waals surface area contributed by atoms with Crippen LogP contribution in [0.3, 0.4) is 0 Å². The molecular weight excluding hydrogens is 347 g/mol. The smallest absolute Gasteiger partial charge is 0.459 e. The number of halogens is 5. The summed E-state index contributed by atoms with van der Waals surface area (Å²) in [5.74, 6) is -4.96. The minimum Gasteiger partial charge on any atom is -0.497 e. The number of aliphatic imine (C=N–C) groups is 1. The van der Waals surface area contributed by atoms with Gasteiger partial charge in [0.2, 0.25) is 5.90 Å². The molecular formula is C16H17F5N2O2. The Labute approximate surface area is 141 Å². The molecule has 1 N–H and O–H groups in total. The van der Waals surface area contributed by atoms with Crippen molar-refractivity contribution in [3.05, 3.63) is 36.0 Å². The van der Waals surface area contributed by atoms with Gasteiger partial charge >= 0.3 is 12.1 Å². The molecule has 9 heteroatoms. The minimum atomic E-state index is -5.77. The zero-order valence-electron chi connectivity index (χ0n) is 13.7. The summed E-state index contributed by atoms with van der Waals surface area (Å²) >= 11 is 0. The van der Waals surface area contributed by atoms with Crippen molar-refractivity contribution in [3.63, 3.8) is 0 Å². The minimum absolute atomic E-state index is 0.0360. The standard InChI is InChI=1S/C16H17F5N2O2/c1-14(2)9-25-13(23-14)8-12(15(17,18)16(19,20)21)22-10-4-6-11(24-3)7-5-10/h4-8,22H,9H2,1-3H3/b12-8-. The molecule has 1 aliphatic rings. The summed E-state index contributed by atoms with van der Waals surface area (Å²) in [6.45, 7) is 3.44. The van der Waals surface area contributed by atoms with Gasteiger partial charge in [0.25, 0.3) is 0 Å². The zero-order valence-corrected chi connectivity index (χ0v) is 13.7. The molecule has 138 valence electrons. The molecule has 1 aromatic rings. The molecule has 0 spiro atoms. The first-order chi connectivity index (χ1) is 11.4. The van der Waals surface area contributed by atoms with E-state index in [1.807, 2.05) is 0 Å². The molecule has 25 heavy (non-hydrogen) atoms. The van der Waals surface area contributed by atoms with Crippen molar-refractivity contribution in [1.29, 1.82) is 0 Å². The van der Waals surface area contributed by atoms with Crippen molar-refractivity contribution in [2.75, 3.05) is 19.0 Å². The largest absolute Gasteiger partial charge is 0.497 e. The van der Waals surface area contributed by atoms with Crippen LogP contribution in [0, 0.1) is 0 Å². The Bertz CT molecular complexity index is 679. The fraction of sp³-hybridized carbons (Fsp3) is 0.438. The van der Waals surface area contributed by atoms with Gasteiger partial charge in [0, 0.05) is 11.8 Å². The summed E-state index contributed by atoms with van der Waals surface area (Å²) in [7, 11) is 1.41. The van der Waals surface area contributed by atoms with Crippen LogP contribution < -0.4 is 10.1 Å². The molecule has 4 nitrogen and oxygen atoms in total. The van der Waals surface area contributed by atoms with Crippen molar-refractivity contribution in [1.82, 2.24) is 0 Å². The van der Waals surface area contributed by atoms with E-state index in [1.165, 1.54) is 31.4 Å². The maximum Gasteiger partial charge on any atom is 0.459 e. The molecule has 0 aliphatic carbocycles. The average Bonchev–Trinajstić information content (AvgIpc) is 2.85. The molecule has 0 saturated carbocycles. The van der Waals surface area contributed by atoms with Crippen molar-refractivity contribution in [2.24, 2.45) is 4.99 Å². The Morgan fingerprint density at radius 1 is 1.20 bits per heavy atom. The molecule has 0 atom stereocenters. The van der Waals surface area contributed by atoms with Crippen LogP contribution in [-0.2, 0) is 4.74 Å². The Morgan fingerprint density at radius 3 is 2.24 bits per heavy atom. The van der Waals surface area contributed by atoms with Gasteiger partial charge in [-0.05, 0) is 38.1 Å². The number of hydrogen-bond acceptors (Lipinski definition) is 4. The number of alkyl halides is 5. The highest BCUT2D eigenvalue weighted by molar-refractivity contribution is 5.90. The van der Waals surface area contributed by atoms with E-state index < -0.39 is 23.3 Å². The summed E-state index contributed by atoms with van der Waals surface area (Å²) in [5.41, 5.74) is -2.03. The van der Waals surface area contributed by atoms with Crippen LogP contribution in [0.15, 0.2) is 41.0 Å². The van der Waals surface area contributed by atoms with Crippen molar-refractivity contribution >= 4 is 11.6 Å². The van der Waals surface area contributed by atoms with Crippen molar-refractivity contribution < 1.29 is 31.4 Å². The van der Waals surface area contributed by atoms with E-state index in [9.17, 15) is 22.0 Å². The highest BCUT2D eigenvalue weighted by Crippen LogP contribution is 2.41. The number of methoxy groups -OCH3 is 1. The predicted molar refractivity (Wildman–Crippen MR) is 83.2 cm³/mol. The average molecular weight is 364 g/mol. The first-order valence-electron chi connectivity index (χ1n) is 7.25. The van der Waals surface area contributed by atoms with Crippen LogP contribution in [0.1, 0.15) is 13.8 Å². The second-order valence-electron chi connectivity index (χ2n) is 6.03. The number of nitrogens with zero attached hydrogens (tertiary/aromatic N) is 1. The quantitative estimate of drug-likeness (QED) is 0.788. The molecule has 0 fully saturated rings. The van der Waals surface area contributed by atoms with E-state index in [1.54, 1.807) is 13.8 Å². The molecule has 1 heterocycles. The lowest BCUT2D eigenvalue weighted by Gasteiger charge is -2.23. The van der Waals surface area contributed by atoms with Gasteiger partial charge in [0.1, 0.15) is 18.1 Å². The maximum absolute atomic E-state index is 13.9. The monoisotopic (exact) mass is 364 g/mol. The van der Waals surface area contributed by atoms with Gasteiger partial charge in [-0.1, -0.05) is 0 Å². The summed E-state index contributed by atoms with van der Waals surface area (Å²) in [4.78, 5) is 3.98. The lowest BCUT2D eigenvalue weighted by atomic mass is 10.1. The first-order valence-corrected chi connectivity index (χ1v) is 7.25. The lowest BCUT2D eigenvalue weighted by Crippen LogP contribution is -2.41. The van der Waals surface area contributed by atoms with Gasteiger partial charge in [-0.25, -0.2) is 4.99 Å². The summed E-state index contributed by atoms with van der Waals surface area (Å²) in [6.07, 6.45) is -5.19. The molecule has 0 radical (unpaired) electrons. The van der Waals surface area contributed by atoms with E-state index in [2.05, 4.69) is 10.3 Å². The third-order valence-electron chi connectivity index (χ3n) is 3.32. The highest BCUT2D eigenvalue weighted by atomic mass is 19.4. The number of anilines is 1. The molecule has 0 aromatic heterocycles. The number of benzene rings is 1. The molecule has 2 rings (SSSR count). The fourth-order valence-corrected chi connectivity index (χ4v) is 2.00. The number of allylic oxidation sites excluding steroid dienone is 1. The van der Waals surface area contributed by atoms with E-state index in [0.717, 1.165) is 0 Å². The van der Waals surface area contributed by atoms with Gasteiger partial charge in [-0.15, -0.1) is 0 Å². The molecule has 0 bridgehead atoms. The van der Waals surface area contributed by atoms with Crippen LogP contribution in [-0.4, -0.2) is 37.3 Å². The van der Waals surface area contributed by atoms with E-state index >= 15 is 0 Å². The van der Waals surface area contributed by atoms with Gasteiger partial charge in [-0.2, -0.15) is 22.0 Å². The highest BCUT2D eigenvalue weighted by Gasteiger charge is 2.60. The second kappa shape index (κ2) is 6.53. The summed E-state index contributed by atoms with van der Waals surface area (Å²) < 4.78 is 76.2. The summed E-state index contributed by atoms with van der Waals surface area (Å²) in [6, 6.07) is 5.50. The van der Waals surface area contributed by atoms with E-state index in [-0.39, 0.29) is 18.2 Å². The second-order valence-corrected chi connectivity index (χ2v) is 6.03. The molecule has 1 aromatic carbocycles. The Hall–Kier alpha value is -2.32.